The molecule has 3 rings (SSSR count). The van der Waals surface area contributed by atoms with Crippen LogP contribution >= 0.6 is 0 Å². The van der Waals surface area contributed by atoms with Gasteiger partial charge >= 0.3 is 5.97 Å². The zero-order valence-corrected chi connectivity index (χ0v) is 12.9. The van der Waals surface area contributed by atoms with Crippen LogP contribution in [0.1, 0.15) is 28.7 Å². The summed E-state index contributed by atoms with van der Waals surface area (Å²) in [5, 5.41) is 9.00. The van der Waals surface area contributed by atoms with Crippen LogP contribution < -0.4 is 0 Å². The Kier molecular flexibility index (Phi) is 3.82. The number of imidazole rings is 1. The van der Waals surface area contributed by atoms with E-state index >= 15 is 0 Å². The number of rotatable bonds is 3. The quantitative estimate of drug-likeness (QED) is 0.696. The molecule has 0 unspecified atom stereocenters. The molecule has 0 saturated heterocycles. The van der Waals surface area contributed by atoms with Gasteiger partial charge in [-0.05, 0) is 50.2 Å². The van der Waals surface area contributed by atoms with E-state index in [0.29, 0.717) is 17.7 Å². The number of benzene rings is 2. The monoisotopic (exact) mass is 305 g/mol. The molecule has 1 heterocycles. The smallest absolute Gasteiger partial charge is 0.338 e. The largest absolute Gasteiger partial charge is 0.462 e. The number of nitriles is 1. The van der Waals surface area contributed by atoms with Crippen LogP contribution in [0.15, 0.2) is 42.5 Å². The lowest BCUT2D eigenvalue weighted by molar-refractivity contribution is 0.0526. The van der Waals surface area contributed by atoms with Crippen LogP contribution in [-0.4, -0.2) is 22.1 Å². The van der Waals surface area contributed by atoms with E-state index in [2.05, 4.69) is 11.1 Å². The van der Waals surface area contributed by atoms with Crippen molar-refractivity contribution in [2.24, 2.45) is 0 Å². The van der Waals surface area contributed by atoms with Gasteiger partial charge in [-0.2, -0.15) is 5.26 Å². The van der Waals surface area contributed by atoms with E-state index in [1.54, 1.807) is 31.2 Å². The van der Waals surface area contributed by atoms with Gasteiger partial charge in [0.2, 0.25) is 0 Å². The molecule has 0 spiro atoms. The maximum Gasteiger partial charge on any atom is 0.338 e. The minimum atomic E-state index is -0.344. The van der Waals surface area contributed by atoms with Crippen molar-refractivity contribution in [2.75, 3.05) is 6.61 Å². The second kappa shape index (κ2) is 5.93. The van der Waals surface area contributed by atoms with Crippen molar-refractivity contribution in [1.82, 2.24) is 9.55 Å². The number of esters is 1. The van der Waals surface area contributed by atoms with E-state index < -0.39 is 0 Å². The molecular weight excluding hydrogens is 290 g/mol. The van der Waals surface area contributed by atoms with Crippen LogP contribution in [-0.2, 0) is 4.74 Å². The Morgan fingerprint density at radius 1 is 1.30 bits per heavy atom. The SMILES string of the molecule is CCOC(=O)c1cccc(-n2c(C)nc3cc(C#N)ccc32)c1. The number of carbonyl (C=O) groups excluding carboxylic acids is 1. The number of hydrogen-bond acceptors (Lipinski definition) is 4. The Balaban J connectivity index is 2.14. The molecule has 1 aromatic heterocycles. The lowest BCUT2D eigenvalue weighted by atomic mass is 10.2. The fraction of sp³-hybridized carbons (Fsp3) is 0.167. The van der Waals surface area contributed by atoms with Gasteiger partial charge in [0.15, 0.2) is 0 Å². The molecule has 0 N–H and O–H groups in total. The molecule has 0 saturated carbocycles. The number of ether oxygens (including phenoxy) is 1. The van der Waals surface area contributed by atoms with Gasteiger partial charge in [-0.3, -0.25) is 4.57 Å². The molecule has 0 fully saturated rings. The predicted molar refractivity (Wildman–Crippen MR) is 86.5 cm³/mol. The summed E-state index contributed by atoms with van der Waals surface area (Å²) in [4.78, 5) is 16.4. The van der Waals surface area contributed by atoms with Gasteiger partial charge in [-0.25, -0.2) is 9.78 Å². The van der Waals surface area contributed by atoms with Gasteiger partial charge < -0.3 is 4.74 Å². The summed E-state index contributed by atoms with van der Waals surface area (Å²) in [5.74, 6) is 0.444. The topological polar surface area (TPSA) is 67.9 Å². The lowest BCUT2D eigenvalue weighted by Gasteiger charge is -2.09. The molecule has 3 aromatic rings. The van der Waals surface area contributed by atoms with Crippen LogP contribution in [0.5, 0.6) is 0 Å². The van der Waals surface area contributed by atoms with Gasteiger partial charge in [0.25, 0.3) is 0 Å². The van der Waals surface area contributed by atoms with E-state index in [-0.39, 0.29) is 5.97 Å². The minimum Gasteiger partial charge on any atom is -0.462 e. The van der Waals surface area contributed by atoms with E-state index in [0.717, 1.165) is 22.5 Å². The Bertz CT molecular complexity index is 935. The van der Waals surface area contributed by atoms with Crippen molar-refractivity contribution in [3.63, 3.8) is 0 Å². The van der Waals surface area contributed by atoms with Crippen molar-refractivity contribution in [3.8, 4) is 11.8 Å². The van der Waals surface area contributed by atoms with Crippen molar-refractivity contribution >= 4 is 17.0 Å². The van der Waals surface area contributed by atoms with Gasteiger partial charge in [0.1, 0.15) is 5.82 Å². The molecule has 114 valence electrons. The zero-order chi connectivity index (χ0) is 16.4. The first-order valence-corrected chi connectivity index (χ1v) is 7.31. The second-order valence-electron chi connectivity index (χ2n) is 5.08. The van der Waals surface area contributed by atoms with Crippen LogP contribution in [0.25, 0.3) is 16.7 Å². The van der Waals surface area contributed by atoms with Crippen molar-refractivity contribution in [2.45, 2.75) is 13.8 Å². The number of carbonyl (C=O) groups is 1. The van der Waals surface area contributed by atoms with E-state index in [1.165, 1.54) is 0 Å². The molecule has 2 aromatic carbocycles. The van der Waals surface area contributed by atoms with Crippen molar-refractivity contribution < 1.29 is 9.53 Å². The third kappa shape index (κ3) is 2.67. The Labute approximate surface area is 133 Å². The highest BCUT2D eigenvalue weighted by atomic mass is 16.5. The Hall–Kier alpha value is -3.13. The fourth-order valence-electron chi connectivity index (χ4n) is 2.58. The predicted octanol–water partition coefficient (Wildman–Crippen LogP) is 3.38. The molecule has 23 heavy (non-hydrogen) atoms. The molecule has 0 aliphatic carbocycles. The summed E-state index contributed by atoms with van der Waals surface area (Å²) in [6.45, 7) is 4.01. The Morgan fingerprint density at radius 3 is 2.87 bits per heavy atom. The maximum atomic E-state index is 11.9. The number of aryl methyl sites for hydroxylation is 1. The molecule has 0 bridgehead atoms. The van der Waals surface area contributed by atoms with Crippen molar-refractivity contribution in [1.29, 1.82) is 5.26 Å². The van der Waals surface area contributed by atoms with Crippen LogP contribution in [0, 0.1) is 18.3 Å². The molecule has 0 atom stereocenters. The van der Waals surface area contributed by atoms with Gasteiger partial charge in [0, 0.05) is 5.69 Å². The summed E-state index contributed by atoms with van der Waals surface area (Å²) in [6, 6.07) is 14.7. The Morgan fingerprint density at radius 2 is 2.13 bits per heavy atom. The number of nitrogens with zero attached hydrogens (tertiary/aromatic N) is 3. The molecule has 0 amide bonds. The number of fused-ring (bicyclic) bond motifs is 1. The number of aromatic nitrogens is 2. The standard InChI is InChI=1S/C18H15N3O2/c1-3-23-18(22)14-5-4-6-15(10-14)21-12(2)20-16-9-13(11-19)7-8-17(16)21/h4-10H,3H2,1-2H3. The molecule has 5 nitrogen and oxygen atoms in total. The highest BCUT2D eigenvalue weighted by molar-refractivity contribution is 5.90. The van der Waals surface area contributed by atoms with Gasteiger partial charge in [-0.1, -0.05) is 6.07 Å². The zero-order valence-electron chi connectivity index (χ0n) is 12.9. The highest BCUT2D eigenvalue weighted by Gasteiger charge is 2.12. The normalized spacial score (nSPS) is 10.5. The number of hydrogen-bond donors (Lipinski definition) is 0. The molecule has 0 aliphatic rings. The summed E-state index contributed by atoms with van der Waals surface area (Å²) < 4.78 is 7.01. The average Bonchev–Trinajstić information content (AvgIpc) is 2.89. The van der Waals surface area contributed by atoms with Gasteiger partial charge in [0.05, 0.1) is 34.8 Å². The highest BCUT2D eigenvalue weighted by Crippen LogP contribution is 2.23. The van der Waals surface area contributed by atoms with E-state index in [1.807, 2.05) is 29.7 Å². The third-order valence-electron chi connectivity index (χ3n) is 3.57. The summed E-state index contributed by atoms with van der Waals surface area (Å²) in [6.07, 6.45) is 0. The fourth-order valence-corrected chi connectivity index (χ4v) is 2.58. The first kappa shape index (κ1) is 14.8. The molecule has 0 aliphatic heterocycles. The lowest BCUT2D eigenvalue weighted by Crippen LogP contribution is -2.06. The average molecular weight is 305 g/mol. The summed E-state index contributed by atoms with van der Waals surface area (Å²) in [7, 11) is 0. The first-order valence-electron chi connectivity index (χ1n) is 7.31. The molecule has 0 radical (unpaired) electrons. The molecule has 5 heteroatoms. The summed E-state index contributed by atoms with van der Waals surface area (Å²) >= 11 is 0. The molecular formula is C18H15N3O2. The van der Waals surface area contributed by atoms with Crippen LogP contribution in [0.4, 0.5) is 0 Å². The maximum absolute atomic E-state index is 11.9. The first-order chi connectivity index (χ1) is 11.1. The van der Waals surface area contributed by atoms with Crippen LogP contribution in [0.2, 0.25) is 0 Å². The van der Waals surface area contributed by atoms with Crippen molar-refractivity contribution in [3.05, 3.63) is 59.4 Å². The van der Waals surface area contributed by atoms with Gasteiger partial charge in [-0.15, -0.1) is 0 Å². The van der Waals surface area contributed by atoms with E-state index in [4.69, 9.17) is 10.00 Å². The van der Waals surface area contributed by atoms with E-state index in [9.17, 15) is 4.79 Å². The second-order valence-corrected chi connectivity index (χ2v) is 5.08. The van der Waals surface area contributed by atoms with Crippen LogP contribution in [0.3, 0.4) is 0 Å². The third-order valence-corrected chi connectivity index (χ3v) is 3.57. The minimum absolute atomic E-state index is 0.340. The summed E-state index contributed by atoms with van der Waals surface area (Å²) in [5.41, 5.74) is 3.55.